The van der Waals surface area contributed by atoms with E-state index in [1.165, 1.54) is 11.6 Å². The van der Waals surface area contributed by atoms with E-state index in [1.54, 1.807) is 17.4 Å². The van der Waals surface area contributed by atoms with Crippen molar-refractivity contribution >= 4 is 33.6 Å². The number of anilines is 1. The number of hydrogen-bond donors (Lipinski definition) is 1. The minimum atomic E-state index is 0.283. The molecule has 0 aliphatic carbocycles. The molecule has 0 unspecified atom stereocenters. The van der Waals surface area contributed by atoms with Crippen molar-refractivity contribution in [2.75, 3.05) is 18.4 Å². The number of likely N-dealkylation sites (tertiary alicyclic amines) is 1. The lowest BCUT2D eigenvalue weighted by Crippen LogP contribution is -2.39. The fourth-order valence-corrected chi connectivity index (χ4v) is 5.56. The van der Waals surface area contributed by atoms with Crippen LogP contribution >= 0.6 is 11.3 Å². The van der Waals surface area contributed by atoms with E-state index in [0.717, 1.165) is 65.1 Å². The number of fused-ring (bicyclic) bond motifs is 1. The lowest BCUT2D eigenvalue weighted by molar-refractivity contribution is 0.211. The molecule has 0 radical (unpaired) electrons. The van der Waals surface area contributed by atoms with E-state index in [9.17, 15) is 0 Å². The molecule has 0 amide bonds. The largest absolute Gasteiger partial charge is 0.437 e. The molecule has 1 aliphatic rings. The number of hydrogen-bond acceptors (Lipinski definition) is 8. The first kappa shape index (κ1) is 25.4. The van der Waals surface area contributed by atoms with E-state index in [0.29, 0.717) is 17.4 Å². The van der Waals surface area contributed by atoms with Crippen LogP contribution in [0.3, 0.4) is 0 Å². The number of piperidine rings is 1. The van der Waals surface area contributed by atoms with Crippen LogP contribution in [0.2, 0.25) is 0 Å². The molecule has 2 aromatic carbocycles. The number of ether oxygens (including phenoxy) is 1. The first-order valence-electron chi connectivity index (χ1n) is 12.6. The molecule has 8 heteroatoms. The van der Waals surface area contributed by atoms with Gasteiger partial charge in [0.25, 0.3) is 0 Å². The fraction of sp³-hybridized carbons (Fsp3) is 0.267. The number of nitriles is 2. The van der Waals surface area contributed by atoms with Crippen molar-refractivity contribution in [2.24, 2.45) is 0 Å². The summed E-state index contributed by atoms with van der Waals surface area (Å²) in [7, 11) is 0. The van der Waals surface area contributed by atoms with Crippen molar-refractivity contribution in [3.63, 3.8) is 0 Å². The standard InChI is InChI=1S/C30H28N6OS/c1-20-16-24(4-3-12-31)17-21(2)27(20)37-29-28-26(11-15-38-28)34-30(35-29)33-25-9-13-36(14-10-25)19-23-7-5-22(18-32)6-8-23/h3-8,11,15-17,25H,9-10,13-14,19H2,1-2H3,(H,33,34,35)/b4-3+. The van der Waals surface area contributed by atoms with Gasteiger partial charge in [-0.15, -0.1) is 11.3 Å². The summed E-state index contributed by atoms with van der Waals surface area (Å²) in [5, 5.41) is 23.4. The van der Waals surface area contributed by atoms with Crippen molar-refractivity contribution in [3.8, 4) is 23.8 Å². The Kier molecular flexibility index (Phi) is 7.65. The molecular formula is C30H28N6OS. The molecule has 1 saturated heterocycles. The Bertz CT molecular complexity index is 1530. The summed E-state index contributed by atoms with van der Waals surface area (Å²) in [5.41, 5.74) is 5.71. The summed E-state index contributed by atoms with van der Waals surface area (Å²) >= 11 is 1.57. The Balaban J connectivity index is 1.28. The Hall–Kier alpha value is -4.24. The average Bonchev–Trinajstić information content (AvgIpc) is 3.40. The summed E-state index contributed by atoms with van der Waals surface area (Å²) in [6.45, 7) is 6.85. The zero-order valence-electron chi connectivity index (χ0n) is 21.4. The lowest BCUT2D eigenvalue weighted by atomic mass is 10.0. The van der Waals surface area contributed by atoms with Crippen molar-refractivity contribution in [3.05, 3.63) is 81.7 Å². The summed E-state index contributed by atoms with van der Waals surface area (Å²) in [4.78, 5) is 12.0. The minimum absolute atomic E-state index is 0.283. The van der Waals surface area contributed by atoms with Crippen LogP contribution in [0.1, 0.15) is 40.7 Å². The number of benzene rings is 2. The van der Waals surface area contributed by atoms with Gasteiger partial charge in [0.15, 0.2) is 0 Å². The zero-order chi connectivity index (χ0) is 26.5. The van der Waals surface area contributed by atoms with Crippen LogP contribution in [-0.2, 0) is 6.54 Å². The number of thiophene rings is 1. The van der Waals surface area contributed by atoms with E-state index in [1.807, 2.05) is 67.8 Å². The summed E-state index contributed by atoms with van der Waals surface area (Å²) < 4.78 is 7.32. The van der Waals surface area contributed by atoms with Crippen molar-refractivity contribution < 1.29 is 4.74 Å². The molecule has 2 aromatic heterocycles. The SMILES string of the molecule is Cc1cc(/C=C/C#N)cc(C)c1Oc1nc(NC2CCN(Cc3ccc(C#N)cc3)CC2)nc2ccsc12. The van der Waals surface area contributed by atoms with Crippen molar-refractivity contribution in [2.45, 2.75) is 39.3 Å². The molecule has 7 nitrogen and oxygen atoms in total. The third kappa shape index (κ3) is 5.84. The molecule has 190 valence electrons. The van der Waals surface area contributed by atoms with Crippen LogP contribution in [0.25, 0.3) is 16.3 Å². The van der Waals surface area contributed by atoms with Gasteiger partial charge in [0.1, 0.15) is 10.4 Å². The van der Waals surface area contributed by atoms with Gasteiger partial charge in [0.05, 0.1) is 23.2 Å². The van der Waals surface area contributed by atoms with Gasteiger partial charge in [-0.3, -0.25) is 4.90 Å². The highest BCUT2D eigenvalue weighted by Gasteiger charge is 2.21. The topological polar surface area (TPSA) is 97.9 Å². The van der Waals surface area contributed by atoms with Crippen LogP contribution in [0.15, 0.2) is 53.9 Å². The predicted molar refractivity (Wildman–Crippen MR) is 151 cm³/mol. The normalized spacial score (nSPS) is 14.4. The van der Waals surface area contributed by atoms with Gasteiger partial charge < -0.3 is 10.1 Å². The van der Waals surface area contributed by atoms with E-state index < -0.39 is 0 Å². The monoisotopic (exact) mass is 520 g/mol. The Morgan fingerprint density at radius 3 is 2.50 bits per heavy atom. The first-order chi connectivity index (χ1) is 18.5. The average molecular weight is 521 g/mol. The predicted octanol–water partition coefficient (Wildman–Crippen LogP) is 6.59. The maximum absolute atomic E-state index is 9.00. The second-order valence-corrected chi connectivity index (χ2v) is 10.5. The summed E-state index contributed by atoms with van der Waals surface area (Å²) in [6, 6.07) is 18.3. The lowest BCUT2D eigenvalue weighted by Gasteiger charge is -2.32. The highest BCUT2D eigenvalue weighted by atomic mass is 32.1. The summed E-state index contributed by atoms with van der Waals surface area (Å²) in [5.74, 6) is 1.91. The fourth-order valence-electron chi connectivity index (χ4n) is 4.80. The highest BCUT2D eigenvalue weighted by Crippen LogP contribution is 2.36. The molecule has 0 atom stereocenters. The smallest absolute Gasteiger partial charge is 0.242 e. The maximum Gasteiger partial charge on any atom is 0.242 e. The Morgan fingerprint density at radius 2 is 1.82 bits per heavy atom. The van der Waals surface area contributed by atoms with Crippen LogP contribution in [0, 0.1) is 36.5 Å². The Morgan fingerprint density at radius 1 is 1.08 bits per heavy atom. The number of nitrogens with one attached hydrogen (secondary N) is 1. The van der Waals surface area contributed by atoms with Gasteiger partial charge >= 0.3 is 0 Å². The number of allylic oxidation sites excluding steroid dienone is 1. The molecule has 0 bridgehead atoms. The van der Waals surface area contributed by atoms with Gasteiger partial charge in [-0.1, -0.05) is 12.1 Å². The van der Waals surface area contributed by atoms with Crippen LogP contribution in [0.5, 0.6) is 11.6 Å². The third-order valence-corrected chi connectivity index (χ3v) is 7.61. The van der Waals surface area contributed by atoms with E-state index >= 15 is 0 Å². The molecule has 38 heavy (non-hydrogen) atoms. The third-order valence-electron chi connectivity index (χ3n) is 6.71. The molecule has 1 fully saturated rings. The van der Waals surface area contributed by atoms with Gasteiger partial charge in [-0.05, 0) is 90.7 Å². The van der Waals surface area contributed by atoms with Gasteiger partial charge in [0, 0.05) is 31.8 Å². The highest BCUT2D eigenvalue weighted by molar-refractivity contribution is 7.17. The van der Waals surface area contributed by atoms with Gasteiger partial charge in [-0.25, -0.2) is 4.98 Å². The molecule has 3 heterocycles. The molecule has 4 aromatic rings. The first-order valence-corrected chi connectivity index (χ1v) is 13.5. The Labute approximate surface area is 226 Å². The zero-order valence-corrected chi connectivity index (χ0v) is 22.3. The van der Waals surface area contributed by atoms with Gasteiger partial charge in [0.2, 0.25) is 11.8 Å². The van der Waals surface area contributed by atoms with Gasteiger partial charge in [-0.2, -0.15) is 15.5 Å². The van der Waals surface area contributed by atoms with Crippen LogP contribution < -0.4 is 10.1 Å². The molecular weight excluding hydrogens is 492 g/mol. The number of nitrogens with zero attached hydrogens (tertiary/aromatic N) is 5. The number of rotatable bonds is 7. The molecule has 0 spiro atoms. The second kappa shape index (κ2) is 11.4. The number of aryl methyl sites for hydroxylation is 2. The molecule has 1 aliphatic heterocycles. The molecule has 5 rings (SSSR count). The van der Waals surface area contributed by atoms with Crippen molar-refractivity contribution in [1.82, 2.24) is 14.9 Å². The number of aromatic nitrogens is 2. The second-order valence-electron chi connectivity index (χ2n) is 9.54. The van der Waals surface area contributed by atoms with E-state index in [2.05, 4.69) is 16.3 Å². The maximum atomic E-state index is 9.00. The van der Waals surface area contributed by atoms with E-state index in [4.69, 9.17) is 25.2 Å². The minimum Gasteiger partial charge on any atom is -0.437 e. The molecule has 0 saturated carbocycles. The van der Waals surface area contributed by atoms with Crippen LogP contribution in [0.4, 0.5) is 5.95 Å². The van der Waals surface area contributed by atoms with Crippen LogP contribution in [-0.4, -0.2) is 34.0 Å². The van der Waals surface area contributed by atoms with E-state index in [-0.39, 0.29) is 6.04 Å². The quantitative estimate of drug-likeness (QED) is 0.275. The molecule has 1 N–H and O–H groups in total. The van der Waals surface area contributed by atoms with Crippen molar-refractivity contribution in [1.29, 1.82) is 10.5 Å². The summed E-state index contributed by atoms with van der Waals surface area (Å²) in [6.07, 6.45) is 5.26.